The zero-order valence-electron chi connectivity index (χ0n) is 51.8. The Morgan fingerprint density at radius 1 is 0.333 bits per heavy atom. The van der Waals surface area contributed by atoms with Crippen LogP contribution in [0, 0.1) is 0 Å². The molecule has 3 heterocycles. The molecule has 0 fully saturated rings. The maximum atomic E-state index is 13.2. The van der Waals surface area contributed by atoms with Gasteiger partial charge in [-0.2, -0.15) is 0 Å². The lowest BCUT2D eigenvalue weighted by atomic mass is 10.0. The summed E-state index contributed by atoms with van der Waals surface area (Å²) in [6, 6.07) is 74.0. The third kappa shape index (κ3) is 18.5. The Hall–Kier alpha value is -11.7. The second-order valence-electron chi connectivity index (χ2n) is 23.0. The molecule has 464 valence electrons. The van der Waals surface area contributed by atoms with Gasteiger partial charge in [0.05, 0.1) is 33.8 Å². The fourth-order valence-corrected chi connectivity index (χ4v) is 9.56. The third-order valence-corrected chi connectivity index (χ3v) is 14.0. The van der Waals surface area contributed by atoms with E-state index in [1.807, 2.05) is 176 Å². The Balaban J connectivity index is 0.000000165. The number of ether oxygens (including phenoxy) is 2. The minimum Gasteiger partial charge on any atom is -0.478 e. The predicted molar refractivity (Wildman–Crippen MR) is 365 cm³/mol. The molecule has 0 saturated carbocycles. The highest BCUT2D eigenvalue weighted by Gasteiger charge is 2.25. The van der Waals surface area contributed by atoms with Crippen molar-refractivity contribution in [2.24, 2.45) is 0 Å². The summed E-state index contributed by atoms with van der Waals surface area (Å²) < 4.78 is 11.1. The number of anilines is 3. The minimum absolute atomic E-state index is 0.0160. The lowest BCUT2D eigenvalue weighted by molar-refractivity contribution is 0.00580. The topological polar surface area (TPSA) is 216 Å². The van der Waals surface area contributed by atoms with Crippen molar-refractivity contribution in [1.82, 2.24) is 15.0 Å². The number of amides is 3. The second kappa shape index (κ2) is 30.2. The number of benzene rings is 8. The molecule has 0 unspecified atom stereocenters. The molecule has 0 aliphatic rings. The number of aromatic carboxylic acids is 1. The van der Waals surface area contributed by atoms with E-state index in [1.54, 1.807) is 109 Å². The van der Waals surface area contributed by atoms with Crippen molar-refractivity contribution < 1.29 is 43.3 Å². The number of hydrogen-bond donors (Lipinski definition) is 4. The van der Waals surface area contributed by atoms with Crippen LogP contribution in [-0.4, -0.2) is 66.9 Å². The molecular formula is C77H65ClN6O9. The molecule has 3 aromatic heterocycles. The first-order valence-corrected chi connectivity index (χ1v) is 29.9. The van der Waals surface area contributed by atoms with Gasteiger partial charge in [0.15, 0.2) is 0 Å². The highest BCUT2D eigenvalue weighted by Crippen LogP contribution is 2.32. The van der Waals surface area contributed by atoms with Crippen LogP contribution in [0.5, 0.6) is 0 Å². The molecule has 3 amide bonds. The Kier molecular flexibility index (Phi) is 21.4. The summed E-state index contributed by atoms with van der Waals surface area (Å²) in [5.74, 6) is -3.49. The average molecular weight is 1250 g/mol. The highest BCUT2D eigenvalue weighted by molar-refractivity contribution is 6.31. The van der Waals surface area contributed by atoms with Crippen LogP contribution in [0.15, 0.2) is 261 Å². The Morgan fingerprint density at radius 3 is 0.892 bits per heavy atom. The van der Waals surface area contributed by atoms with Crippen molar-refractivity contribution in [3.05, 3.63) is 300 Å². The standard InChI is InChI=1S/C29H26N2O3.C25H18N2O3.C23H21ClN2O3/c1-29(2,3)34-28(33)24-15-14-22(20-10-6-4-7-11-20)18-25(24)31-27(32)26-19-23(16-17-30-26)21-12-8-5-9-13-21;28-24(23-16-20(13-14-26-23)18-9-5-2-6-10-18)27-22-15-19(11-12-21(22)25(29)30)17-7-3-1-4-8-17;1-23(2,3)29-22(28)18-10-9-16(15-7-5-4-6-8-15)13-19(18)26-21(27)20-14-17(24)11-12-25-20/h4-19H,1-3H3,(H,31,32);1-16H,(H,27,28)(H,29,30);4-14H,1-3H3,(H,26,27). The zero-order chi connectivity index (χ0) is 66.1. The molecule has 0 spiro atoms. The Bertz CT molecular complexity index is 4470. The lowest BCUT2D eigenvalue weighted by Gasteiger charge is -2.21. The number of pyridine rings is 3. The summed E-state index contributed by atoms with van der Waals surface area (Å²) in [4.78, 5) is 88.4. The second-order valence-corrected chi connectivity index (χ2v) is 23.4. The molecule has 0 aliphatic heterocycles. The number of nitrogens with one attached hydrogen (secondary N) is 3. The molecule has 0 bridgehead atoms. The van der Waals surface area contributed by atoms with Crippen LogP contribution in [0.2, 0.25) is 5.02 Å². The maximum Gasteiger partial charge on any atom is 0.340 e. The van der Waals surface area contributed by atoms with Gasteiger partial charge in [-0.15, -0.1) is 0 Å². The first-order chi connectivity index (χ1) is 44.6. The van der Waals surface area contributed by atoms with E-state index in [9.17, 15) is 33.9 Å². The van der Waals surface area contributed by atoms with Crippen LogP contribution < -0.4 is 16.0 Å². The molecule has 11 aromatic rings. The van der Waals surface area contributed by atoms with Gasteiger partial charge >= 0.3 is 17.9 Å². The van der Waals surface area contributed by atoms with Gasteiger partial charge in [0.2, 0.25) is 0 Å². The number of nitrogens with zero attached hydrogens (tertiary/aromatic N) is 3. The maximum absolute atomic E-state index is 13.2. The van der Waals surface area contributed by atoms with Crippen molar-refractivity contribution in [3.8, 4) is 55.6 Å². The average Bonchev–Trinajstić information content (AvgIpc) is 1.08. The number of carboxylic acids is 1. The SMILES string of the molecule is CC(C)(C)OC(=O)c1ccc(-c2ccccc2)cc1NC(=O)c1cc(-c2ccccc2)ccn1.CC(C)(C)OC(=O)c1ccc(-c2ccccc2)cc1NC(=O)c1cc(Cl)ccn1.O=C(Nc1cc(-c2ccccc2)ccc1C(=O)O)c1cc(-c2ccccc2)ccn1. The fraction of sp³-hybridized carbons (Fsp3) is 0.104. The van der Waals surface area contributed by atoms with Crippen LogP contribution in [0.25, 0.3) is 55.6 Å². The fourth-order valence-electron chi connectivity index (χ4n) is 9.40. The summed E-state index contributed by atoms with van der Waals surface area (Å²) in [7, 11) is 0. The van der Waals surface area contributed by atoms with E-state index in [0.717, 1.165) is 55.6 Å². The van der Waals surface area contributed by atoms with Crippen molar-refractivity contribution in [2.75, 3.05) is 16.0 Å². The van der Waals surface area contributed by atoms with Crippen LogP contribution in [0.1, 0.15) is 104 Å². The van der Waals surface area contributed by atoms with E-state index in [0.29, 0.717) is 16.4 Å². The molecule has 4 N–H and O–H groups in total. The van der Waals surface area contributed by atoms with Crippen LogP contribution in [-0.2, 0) is 9.47 Å². The van der Waals surface area contributed by atoms with Crippen molar-refractivity contribution in [3.63, 3.8) is 0 Å². The number of carbonyl (C=O) groups is 6. The molecule has 0 aliphatic carbocycles. The van der Waals surface area contributed by atoms with Gasteiger partial charge in [-0.3, -0.25) is 29.3 Å². The van der Waals surface area contributed by atoms with E-state index in [4.69, 9.17) is 21.1 Å². The summed E-state index contributed by atoms with van der Waals surface area (Å²) in [5.41, 5.74) is 9.84. The molecule has 8 aromatic carbocycles. The quantitative estimate of drug-likeness (QED) is 0.0748. The van der Waals surface area contributed by atoms with E-state index in [-0.39, 0.29) is 39.5 Å². The number of carbonyl (C=O) groups excluding carboxylic acids is 5. The first-order valence-electron chi connectivity index (χ1n) is 29.5. The van der Waals surface area contributed by atoms with Crippen molar-refractivity contribution >= 4 is 64.3 Å². The van der Waals surface area contributed by atoms with Gasteiger partial charge in [0.1, 0.15) is 28.3 Å². The largest absolute Gasteiger partial charge is 0.478 e. The molecule has 0 atom stereocenters. The van der Waals surface area contributed by atoms with Crippen LogP contribution in [0.3, 0.4) is 0 Å². The van der Waals surface area contributed by atoms with E-state index >= 15 is 0 Å². The summed E-state index contributed by atoms with van der Waals surface area (Å²) >= 11 is 5.96. The number of aromatic nitrogens is 3. The van der Waals surface area contributed by atoms with E-state index in [1.165, 1.54) is 18.3 Å². The molecular weight excluding hydrogens is 1190 g/mol. The van der Waals surface area contributed by atoms with Crippen molar-refractivity contribution in [2.45, 2.75) is 52.7 Å². The molecule has 11 rings (SSSR count). The zero-order valence-corrected chi connectivity index (χ0v) is 52.5. The van der Waals surface area contributed by atoms with Gasteiger partial charge in [0, 0.05) is 23.6 Å². The molecule has 16 heteroatoms. The number of halogens is 1. The molecule has 0 saturated heterocycles. The first kappa shape index (κ1) is 65.8. The summed E-state index contributed by atoms with van der Waals surface area (Å²) in [6.45, 7) is 10.8. The number of rotatable bonds is 14. The van der Waals surface area contributed by atoms with Crippen molar-refractivity contribution in [1.29, 1.82) is 0 Å². The minimum atomic E-state index is -1.11. The summed E-state index contributed by atoms with van der Waals surface area (Å²) in [6.07, 6.45) is 4.62. The highest BCUT2D eigenvalue weighted by atomic mass is 35.5. The number of hydrogen-bond acceptors (Lipinski definition) is 11. The third-order valence-electron chi connectivity index (χ3n) is 13.7. The van der Waals surface area contributed by atoms with Gasteiger partial charge in [-0.25, -0.2) is 14.4 Å². The van der Waals surface area contributed by atoms with Gasteiger partial charge < -0.3 is 30.5 Å². The van der Waals surface area contributed by atoms with Crippen LogP contribution in [0.4, 0.5) is 17.1 Å². The van der Waals surface area contributed by atoms with Crippen LogP contribution >= 0.6 is 11.6 Å². The van der Waals surface area contributed by atoms with E-state index in [2.05, 4.69) is 30.9 Å². The molecule has 93 heavy (non-hydrogen) atoms. The Labute approximate surface area is 544 Å². The normalized spacial score (nSPS) is 10.8. The Morgan fingerprint density at radius 2 is 0.602 bits per heavy atom. The molecule has 0 radical (unpaired) electrons. The van der Waals surface area contributed by atoms with Gasteiger partial charge in [-0.1, -0.05) is 181 Å². The smallest absolute Gasteiger partial charge is 0.340 e. The lowest BCUT2D eigenvalue weighted by Crippen LogP contribution is -2.25. The predicted octanol–water partition coefficient (Wildman–Crippen LogP) is 17.6. The van der Waals surface area contributed by atoms with Gasteiger partial charge in [0.25, 0.3) is 17.7 Å². The molecule has 15 nitrogen and oxygen atoms in total. The number of esters is 2. The van der Waals surface area contributed by atoms with Gasteiger partial charge in [-0.05, 0) is 170 Å². The van der Waals surface area contributed by atoms with E-state index < -0.39 is 46.8 Å². The summed E-state index contributed by atoms with van der Waals surface area (Å²) in [5, 5.41) is 18.3. The number of carboxylic acid groups (broad SMARTS) is 1. The monoisotopic (exact) mass is 1250 g/mol.